The zero-order valence-corrected chi connectivity index (χ0v) is 13.2. The van der Waals surface area contributed by atoms with Gasteiger partial charge in [0.1, 0.15) is 0 Å². The molecule has 0 bridgehead atoms. The summed E-state index contributed by atoms with van der Waals surface area (Å²) >= 11 is 0. The third-order valence-electron chi connectivity index (χ3n) is 4.36. The van der Waals surface area contributed by atoms with Crippen LogP contribution >= 0.6 is 0 Å². The smallest absolute Gasteiger partial charge is 0.239 e. The van der Waals surface area contributed by atoms with Crippen LogP contribution in [0.25, 0.3) is 0 Å². The van der Waals surface area contributed by atoms with Crippen LogP contribution in [0.2, 0.25) is 0 Å². The highest BCUT2D eigenvalue weighted by molar-refractivity contribution is 5.81. The topological polar surface area (TPSA) is 49.6 Å². The van der Waals surface area contributed by atoms with Crippen molar-refractivity contribution in [3.63, 3.8) is 0 Å². The Morgan fingerprint density at radius 2 is 1.95 bits per heavy atom. The van der Waals surface area contributed by atoms with Crippen molar-refractivity contribution in [1.82, 2.24) is 9.80 Å². The molecule has 2 rings (SSSR count). The lowest BCUT2D eigenvalue weighted by molar-refractivity contribution is -0.132. The van der Waals surface area contributed by atoms with E-state index < -0.39 is 6.04 Å². The molecular formula is C17H27N3O. The number of carbonyl (C=O) groups is 1. The first-order valence-electron chi connectivity index (χ1n) is 7.79. The summed E-state index contributed by atoms with van der Waals surface area (Å²) in [5.74, 6) is 0.664. The summed E-state index contributed by atoms with van der Waals surface area (Å²) in [5.41, 5.74) is 7.19. The van der Waals surface area contributed by atoms with Crippen molar-refractivity contribution in [2.24, 2.45) is 11.7 Å². The van der Waals surface area contributed by atoms with Gasteiger partial charge in [-0.15, -0.1) is 0 Å². The molecule has 1 aromatic rings. The highest BCUT2D eigenvalue weighted by Crippen LogP contribution is 2.17. The quantitative estimate of drug-likeness (QED) is 0.890. The Morgan fingerprint density at radius 1 is 1.33 bits per heavy atom. The third kappa shape index (κ3) is 4.83. The van der Waals surface area contributed by atoms with Gasteiger partial charge in [0.25, 0.3) is 0 Å². The van der Waals surface area contributed by atoms with E-state index in [1.54, 1.807) is 0 Å². The van der Waals surface area contributed by atoms with Crippen LogP contribution in [-0.4, -0.2) is 55.5 Å². The minimum Gasteiger partial charge on any atom is -0.344 e. The van der Waals surface area contributed by atoms with E-state index in [9.17, 15) is 4.79 Å². The van der Waals surface area contributed by atoms with Gasteiger partial charge in [0, 0.05) is 13.6 Å². The molecule has 1 aliphatic heterocycles. The molecule has 1 aromatic carbocycles. The van der Waals surface area contributed by atoms with Crippen LogP contribution < -0.4 is 5.73 Å². The van der Waals surface area contributed by atoms with E-state index in [1.807, 2.05) is 42.3 Å². The molecule has 0 aliphatic carbocycles. The average molecular weight is 289 g/mol. The number of rotatable bonds is 5. The predicted molar refractivity (Wildman–Crippen MR) is 86.0 cm³/mol. The minimum absolute atomic E-state index is 0.0535. The van der Waals surface area contributed by atoms with Gasteiger partial charge in [0.15, 0.2) is 0 Å². The summed E-state index contributed by atoms with van der Waals surface area (Å²) in [7, 11) is 4.03. The molecular weight excluding hydrogens is 262 g/mol. The van der Waals surface area contributed by atoms with Gasteiger partial charge in [-0.25, -0.2) is 0 Å². The summed E-state index contributed by atoms with van der Waals surface area (Å²) in [6, 6.07) is 9.53. The van der Waals surface area contributed by atoms with Crippen molar-refractivity contribution in [3.05, 3.63) is 35.9 Å². The summed E-state index contributed by atoms with van der Waals surface area (Å²) in [4.78, 5) is 16.5. The van der Waals surface area contributed by atoms with Gasteiger partial charge < -0.3 is 15.5 Å². The normalized spacial score (nSPS) is 18.4. The first kappa shape index (κ1) is 16.0. The number of likely N-dealkylation sites (tertiary alicyclic amines) is 1. The highest BCUT2D eigenvalue weighted by atomic mass is 16.2. The Hall–Kier alpha value is -1.39. The van der Waals surface area contributed by atoms with Gasteiger partial charge in [-0.2, -0.15) is 0 Å². The van der Waals surface area contributed by atoms with Crippen LogP contribution in [0, 0.1) is 5.92 Å². The van der Waals surface area contributed by atoms with E-state index in [1.165, 1.54) is 12.8 Å². The Morgan fingerprint density at radius 3 is 2.57 bits per heavy atom. The van der Waals surface area contributed by atoms with Crippen molar-refractivity contribution >= 4 is 5.91 Å². The first-order valence-corrected chi connectivity index (χ1v) is 7.79. The maximum absolute atomic E-state index is 12.4. The molecule has 116 valence electrons. The number of likely N-dealkylation sites (N-methyl/N-ethyl adjacent to an activating group) is 1. The van der Waals surface area contributed by atoms with Crippen LogP contribution in [0.5, 0.6) is 0 Å². The van der Waals surface area contributed by atoms with E-state index >= 15 is 0 Å². The zero-order chi connectivity index (χ0) is 15.2. The number of nitrogens with two attached hydrogens (primary N) is 1. The summed E-state index contributed by atoms with van der Waals surface area (Å²) in [6.07, 6.45) is 2.95. The van der Waals surface area contributed by atoms with E-state index in [4.69, 9.17) is 5.73 Å². The fraction of sp³-hybridized carbons (Fsp3) is 0.588. The molecule has 1 amide bonds. The number of hydrogen-bond donors (Lipinski definition) is 1. The molecule has 1 atom stereocenters. The predicted octanol–water partition coefficient (Wildman–Crippen LogP) is 1.36. The van der Waals surface area contributed by atoms with Crippen molar-refractivity contribution in [3.8, 4) is 0 Å². The molecule has 1 aliphatic rings. The van der Waals surface area contributed by atoms with E-state index in [0.29, 0.717) is 12.3 Å². The van der Waals surface area contributed by atoms with Crippen LogP contribution in [0.1, 0.15) is 18.4 Å². The zero-order valence-electron chi connectivity index (χ0n) is 13.2. The number of carbonyl (C=O) groups excluding carboxylic acids is 1. The average Bonchev–Trinajstić information content (AvgIpc) is 2.49. The molecule has 4 heteroatoms. The van der Waals surface area contributed by atoms with Gasteiger partial charge in [-0.3, -0.25) is 4.79 Å². The lowest BCUT2D eigenvalue weighted by Gasteiger charge is -2.32. The third-order valence-corrected chi connectivity index (χ3v) is 4.36. The lowest BCUT2D eigenvalue weighted by Crippen LogP contribution is -2.46. The summed E-state index contributed by atoms with van der Waals surface area (Å²) in [6.45, 7) is 3.08. The van der Waals surface area contributed by atoms with Crippen molar-refractivity contribution in [2.45, 2.75) is 25.3 Å². The van der Waals surface area contributed by atoms with Crippen molar-refractivity contribution in [1.29, 1.82) is 0 Å². The number of amides is 1. The Labute approximate surface area is 127 Å². The lowest BCUT2D eigenvalue weighted by atomic mass is 9.96. The molecule has 1 unspecified atom stereocenters. The van der Waals surface area contributed by atoms with E-state index in [-0.39, 0.29) is 5.91 Å². The van der Waals surface area contributed by atoms with Crippen LogP contribution in [0.3, 0.4) is 0 Å². The fourth-order valence-electron chi connectivity index (χ4n) is 2.96. The number of nitrogens with zero attached hydrogens (tertiary/aromatic N) is 2. The molecule has 0 saturated carbocycles. The fourth-order valence-corrected chi connectivity index (χ4v) is 2.96. The molecule has 0 spiro atoms. The van der Waals surface area contributed by atoms with Crippen LogP contribution in [-0.2, 0) is 11.2 Å². The number of piperidine rings is 1. The van der Waals surface area contributed by atoms with Gasteiger partial charge in [-0.1, -0.05) is 30.3 Å². The largest absolute Gasteiger partial charge is 0.344 e. The van der Waals surface area contributed by atoms with Gasteiger partial charge in [0.2, 0.25) is 5.91 Å². The second kappa shape index (κ2) is 7.57. The molecule has 21 heavy (non-hydrogen) atoms. The molecule has 2 N–H and O–H groups in total. The van der Waals surface area contributed by atoms with Crippen LogP contribution in [0.4, 0.5) is 0 Å². The molecule has 0 aromatic heterocycles. The minimum atomic E-state index is -0.441. The molecule has 4 nitrogen and oxygen atoms in total. The maximum Gasteiger partial charge on any atom is 0.239 e. The first-order chi connectivity index (χ1) is 10.1. The monoisotopic (exact) mass is 289 g/mol. The second-order valence-corrected chi connectivity index (χ2v) is 6.26. The molecule has 1 heterocycles. The van der Waals surface area contributed by atoms with E-state index in [0.717, 1.165) is 25.2 Å². The molecule has 1 fully saturated rings. The van der Waals surface area contributed by atoms with Gasteiger partial charge in [-0.05, 0) is 50.9 Å². The van der Waals surface area contributed by atoms with Gasteiger partial charge >= 0.3 is 0 Å². The number of benzene rings is 1. The maximum atomic E-state index is 12.4. The summed E-state index contributed by atoms with van der Waals surface area (Å²) < 4.78 is 0. The standard InChI is InChI=1S/C17H27N3O/c1-19-10-8-15(9-11-19)13-20(2)17(21)16(18)12-14-6-4-3-5-7-14/h3-7,15-16H,8-13,18H2,1-2H3. The Bertz CT molecular complexity index is 441. The SMILES string of the molecule is CN1CCC(CN(C)C(=O)C(N)Cc2ccccc2)CC1. The Kier molecular flexibility index (Phi) is 5.76. The van der Waals surface area contributed by atoms with Crippen LogP contribution in [0.15, 0.2) is 30.3 Å². The van der Waals surface area contributed by atoms with E-state index in [2.05, 4.69) is 11.9 Å². The highest BCUT2D eigenvalue weighted by Gasteiger charge is 2.23. The van der Waals surface area contributed by atoms with Crippen molar-refractivity contribution < 1.29 is 4.79 Å². The van der Waals surface area contributed by atoms with Crippen molar-refractivity contribution in [2.75, 3.05) is 33.7 Å². The second-order valence-electron chi connectivity index (χ2n) is 6.26. The van der Waals surface area contributed by atoms with Gasteiger partial charge in [0.05, 0.1) is 6.04 Å². The molecule has 0 radical (unpaired) electrons. The molecule has 1 saturated heterocycles. The number of hydrogen-bond acceptors (Lipinski definition) is 3. The summed E-state index contributed by atoms with van der Waals surface area (Å²) in [5, 5.41) is 0. The Balaban J connectivity index is 1.81.